The lowest BCUT2D eigenvalue weighted by atomic mass is 10.1. The van der Waals surface area contributed by atoms with Crippen molar-refractivity contribution in [1.29, 1.82) is 0 Å². The Balaban J connectivity index is 2.18. The Kier molecular flexibility index (Phi) is 3.52. The van der Waals surface area contributed by atoms with Crippen molar-refractivity contribution in [3.63, 3.8) is 0 Å². The van der Waals surface area contributed by atoms with Gasteiger partial charge in [0.1, 0.15) is 0 Å². The van der Waals surface area contributed by atoms with Crippen molar-refractivity contribution in [2.24, 2.45) is 10.9 Å². The van der Waals surface area contributed by atoms with Crippen LogP contribution in [0.1, 0.15) is 31.7 Å². The zero-order valence-corrected chi connectivity index (χ0v) is 10.1. The van der Waals surface area contributed by atoms with E-state index in [4.69, 9.17) is 10.9 Å². The molecule has 0 aliphatic carbocycles. The summed E-state index contributed by atoms with van der Waals surface area (Å²) in [6.45, 7) is 3.36. The van der Waals surface area contributed by atoms with Crippen LogP contribution in [0, 0.1) is 0 Å². The zero-order chi connectivity index (χ0) is 12.3. The summed E-state index contributed by atoms with van der Waals surface area (Å²) in [5.41, 5.74) is 7.52. The zero-order valence-electron chi connectivity index (χ0n) is 10.1. The van der Waals surface area contributed by atoms with Crippen molar-refractivity contribution in [2.45, 2.75) is 32.2 Å². The third-order valence-electron chi connectivity index (χ3n) is 3.45. The molecule has 1 aliphatic rings. The van der Waals surface area contributed by atoms with E-state index in [9.17, 15) is 0 Å². The summed E-state index contributed by atoms with van der Waals surface area (Å²) in [5, 5.41) is 11.6. The van der Waals surface area contributed by atoms with Crippen LogP contribution in [-0.2, 0) is 0 Å². The molecule has 92 valence electrons. The number of amidine groups is 1. The number of anilines is 1. The van der Waals surface area contributed by atoms with E-state index in [0.717, 1.165) is 12.1 Å². The maximum Gasteiger partial charge on any atom is 0.170 e. The minimum Gasteiger partial charge on any atom is -0.409 e. The Morgan fingerprint density at radius 2 is 2.18 bits per heavy atom. The molecule has 2 rings (SSSR count). The van der Waals surface area contributed by atoms with Crippen LogP contribution in [0.3, 0.4) is 0 Å². The van der Waals surface area contributed by atoms with Crippen molar-refractivity contribution in [2.75, 3.05) is 11.4 Å². The van der Waals surface area contributed by atoms with Crippen LogP contribution >= 0.6 is 0 Å². The third-order valence-corrected chi connectivity index (χ3v) is 3.45. The minimum atomic E-state index is 0.157. The van der Waals surface area contributed by atoms with Gasteiger partial charge in [-0.05, 0) is 43.5 Å². The van der Waals surface area contributed by atoms with Gasteiger partial charge < -0.3 is 15.8 Å². The summed E-state index contributed by atoms with van der Waals surface area (Å²) in [6.07, 6.45) is 3.72. The first-order valence-electron chi connectivity index (χ1n) is 6.11. The normalized spacial score (nSPS) is 20.9. The predicted octanol–water partition coefficient (Wildman–Crippen LogP) is 2.16. The van der Waals surface area contributed by atoms with Crippen LogP contribution in [0.15, 0.2) is 29.4 Å². The van der Waals surface area contributed by atoms with Crippen molar-refractivity contribution in [3.8, 4) is 0 Å². The molecule has 0 bridgehead atoms. The van der Waals surface area contributed by atoms with E-state index in [1.165, 1.54) is 24.9 Å². The number of nitrogens with two attached hydrogens (primary N) is 1. The number of nitrogens with zero attached hydrogens (tertiary/aromatic N) is 2. The molecule has 1 atom stereocenters. The van der Waals surface area contributed by atoms with Gasteiger partial charge in [-0.25, -0.2) is 0 Å². The summed E-state index contributed by atoms with van der Waals surface area (Å²) in [4.78, 5) is 2.44. The molecule has 4 heteroatoms. The lowest BCUT2D eigenvalue weighted by molar-refractivity contribution is 0.318. The van der Waals surface area contributed by atoms with E-state index in [-0.39, 0.29) is 5.84 Å². The smallest absolute Gasteiger partial charge is 0.170 e. The van der Waals surface area contributed by atoms with Crippen molar-refractivity contribution in [3.05, 3.63) is 29.8 Å². The van der Waals surface area contributed by atoms with Gasteiger partial charge in [0.25, 0.3) is 0 Å². The van der Waals surface area contributed by atoms with E-state index in [1.807, 2.05) is 24.3 Å². The molecule has 1 saturated heterocycles. The summed E-state index contributed by atoms with van der Waals surface area (Å²) in [6, 6.07) is 8.54. The summed E-state index contributed by atoms with van der Waals surface area (Å²) < 4.78 is 0. The van der Waals surface area contributed by atoms with Crippen LogP contribution in [0.25, 0.3) is 0 Å². The van der Waals surface area contributed by atoms with E-state index < -0.39 is 0 Å². The molecule has 1 unspecified atom stereocenters. The van der Waals surface area contributed by atoms with Crippen LogP contribution in [0.5, 0.6) is 0 Å². The van der Waals surface area contributed by atoms with Gasteiger partial charge in [-0.2, -0.15) is 0 Å². The highest BCUT2D eigenvalue weighted by Crippen LogP contribution is 2.27. The van der Waals surface area contributed by atoms with Gasteiger partial charge in [0.15, 0.2) is 5.84 Å². The standard InChI is InChI=1S/C13H19N3O/c1-2-11-4-3-9-16(11)12-7-5-10(6-8-12)13(14)15-17/h5-8,11,17H,2-4,9H2,1H3,(H2,14,15). The van der Waals surface area contributed by atoms with Gasteiger partial charge in [0.05, 0.1) is 0 Å². The van der Waals surface area contributed by atoms with Gasteiger partial charge in [-0.15, -0.1) is 0 Å². The average molecular weight is 233 g/mol. The Hall–Kier alpha value is -1.71. The maximum atomic E-state index is 8.60. The largest absolute Gasteiger partial charge is 0.409 e. The van der Waals surface area contributed by atoms with Crippen LogP contribution in [0.2, 0.25) is 0 Å². The molecule has 3 N–H and O–H groups in total. The quantitative estimate of drug-likeness (QED) is 0.364. The highest BCUT2D eigenvalue weighted by Gasteiger charge is 2.22. The van der Waals surface area contributed by atoms with Gasteiger partial charge >= 0.3 is 0 Å². The summed E-state index contributed by atoms with van der Waals surface area (Å²) in [5.74, 6) is 0.157. The van der Waals surface area contributed by atoms with Gasteiger partial charge in [0.2, 0.25) is 0 Å². The van der Waals surface area contributed by atoms with Crippen molar-refractivity contribution < 1.29 is 5.21 Å². The molecule has 4 nitrogen and oxygen atoms in total. The Labute approximate surface area is 102 Å². The third kappa shape index (κ3) is 2.35. The van der Waals surface area contributed by atoms with Gasteiger partial charge in [0, 0.05) is 23.8 Å². The molecule has 0 radical (unpaired) electrons. The number of rotatable bonds is 3. The van der Waals surface area contributed by atoms with Crippen LogP contribution in [-0.4, -0.2) is 23.6 Å². The van der Waals surface area contributed by atoms with Gasteiger partial charge in [-0.1, -0.05) is 12.1 Å². The van der Waals surface area contributed by atoms with Gasteiger partial charge in [-0.3, -0.25) is 0 Å². The summed E-state index contributed by atoms with van der Waals surface area (Å²) >= 11 is 0. The second-order valence-corrected chi connectivity index (χ2v) is 4.43. The lowest BCUT2D eigenvalue weighted by Gasteiger charge is -2.26. The van der Waals surface area contributed by atoms with Crippen molar-refractivity contribution in [1.82, 2.24) is 0 Å². The van der Waals surface area contributed by atoms with E-state index in [0.29, 0.717) is 6.04 Å². The van der Waals surface area contributed by atoms with Crippen LogP contribution < -0.4 is 10.6 Å². The Morgan fingerprint density at radius 3 is 2.76 bits per heavy atom. The number of oxime groups is 1. The average Bonchev–Trinajstić information content (AvgIpc) is 2.86. The Bertz CT molecular complexity index is 400. The molecule has 0 spiro atoms. The molecule has 1 fully saturated rings. The molecule has 17 heavy (non-hydrogen) atoms. The van der Waals surface area contributed by atoms with Crippen molar-refractivity contribution >= 4 is 11.5 Å². The number of benzene rings is 1. The van der Waals surface area contributed by atoms with E-state index >= 15 is 0 Å². The second-order valence-electron chi connectivity index (χ2n) is 4.43. The topological polar surface area (TPSA) is 61.8 Å². The molecule has 0 saturated carbocycles. The predicted molar refractivity (Wildman–Crippen MR) is 69.6 cm³/mol. The SMILES string of the molecule is CCC1CCCN1c1ccc(/C(N)=N/O)cc1. The fourth-order valence-electron chi connectivity index (χ4n) is 2.48. The first-order chi connectivity index (χ1) is 8.26. The number of hydrogen-bond donors (Lipinski definition) is 2. The molecule has 1 aromatic carbocycles. The number of hydrogen-bond acceptors (Lipinski definition) is 3. The first-order valence-corrected chi connectivity index (χ1v) is 6.11. The first kappa shape index (κ1) is 11.8. The molecular formula is C13H19N3O. The van der Waals surface area contributed by atoms with E-state index in [2.05, 4.69) is 17.0 Å². The highest BCUT2D eigenvalue weighted by atomic mass is 16.4. The molecule has 1 heterocycles. The Morgan fingerprint density at radius 1 is 1.47 bits per heavy atom. The highest BCUT2D eigenvalue weighted by molar-refractivity contribution is 5.97. The molecular weight excluding hydrogens is 214 g/mol. The molecule has 0 amide bonds. The monoisotopic (exact) mass is 233 g/mol. The van der Waals surface area contributed by atoms with E-state index in [1.54, 1.807) is 0 Å². The second kappa shape index (κ2) is 5.08. The minimum absolute atomic E-state index is 0.157. The molecule has 0 aromatic heterocycles. The summed E-state index contributed by atoms with van der Waals surface area (Å²) in [7, 11) is 0. The van der Waals surface area contributed by atoms with Crippen LogP contribution in [0.4, 0.5) is 5.69 Å². The fraction of sp³-hybridized carbons (Fsp3) is 0.462. The lowest BCUT2D eigenvalue weighted by Crippen LogP contribution is -2.28. The maximum absolute atomic E-state index is 8.60. The molecule has 1 aliphatic heterocycles. The molecule has 1 aromatic rings. The fourth-order valence-corrected chi connectivity index (χ4v) is 2.48.